The van der Waals surface area contributed by atoms with Crippen LogP contribution in [0.4, 0.5) is 0 Å². The summed E-state index contributed by atoms with van der Waals surface area (Å²) in [5.41, 5.74) is -0.208. The van der Waals surface area contributed by atoms with Crippen molar-refractivity contribution in [3.8, 4) is 16.9 Å². The zero-order valence-electron chi connectivity index (χ0n) is 15.2. The Morgan fingerprint density at radius 2 is 1.67 bits per heavy atom. The number of ether oxygens (including phenoxy) is 1. The van der Waals surface area contributed by atoms with Crippen molar-refractivity contribution in [2.45, 2.75) is 6.61 Å². The molecule has 0 saturated heterocycles. The third kappa shape index (κ3) is 3.53. The number of hydrogen-bond acceptors (Lipinski definition) is 8. The highest BCUT2D eigenvalue weighted by molar-refractivity contribution is 5.95. The van der Waals surface area contributed by atoms with E-state index in [1.54, 1.807) is 30.3 Å². The highest BCUT2D eigenvalue weighted by atomic mass is 16.5. The quantitative estimate of drug-likeness (QED) is 0.470. The lowest BCUT2D eigenvalue weighted by Crippen LogP contribution is -2.25. The Kier molecular flexibility index (Phi) is 4.81. The van der Waals surface area contributed by atoms with Gasteiger partial charge < -0.3 is 33.4 Å². The van der Waals surface area contributed by atoms with Crippen LogP contribution >= 0.6 is 0 Å². The van der Waals surface area contributed by atoms with Crippen molar-refractivity contribution in [3.05, 3.63) is 88.2 Å². The van der Waals surface area contributed by atoms with Crippen molar-refractivity contribution < 1.29 is 33.4 Å². The minimum atomic E-state index is -1.62. The molecule has 0 fully saturated rings. The van der Waals surface area contributed by atoms with Crippen LogP contribution in [-0.2, 0) is 6.61 Å². The Morgan fingerprint density at radius 3 is 2.33 bits per heavy atom. The van der Waals surface area contributed by atoms with E-state index in [4.69, 9.17) is 13.6 Å². The fraction of sp³-hybridized carbons (Fsp3) is 0.0455. The van der Waals surface area contributed by atoms with Crippen molar-refractivity contribution in [1.82, 2.24) is 0 Å². The minimum Gasteiger partial charge on any atom is -0.542 e. The molecule has 2 heterocycles. The standard InChI is InChI=1S/C22H14O8/c23-19-15-8-6-13(28-11-14-7-9-16(29-14)21(24)25)10-17(15)30-20(22(26)27)18(19)12-4-2-1-3-5-12/h1-10H,11H2,(H,24,25)(H,26,27)/p-2. The molecule has 150 valence electrons. The van der Waals surface area contributed by atoms with Gasteiger partial charge in [0.2, 0.25) is 5.43 Å². The monoisotopic (exact) mass is 404 g/mol. The summed E-state index contributed by atoms with van der Waals surface area (Å²) in [6, 6.07) is 15.3. The molecule has 4 aromatic rings. The third-order valence-corrected chi connectivity index (χ3v) is 4.36. The number of carbonyl (C=O) groups is 2. The lowest BCUT2D eigenvalue weighted by atomic mass is 10.0. The van der Waals surface area contributed by atoms with E-state index in [0.717, 1.165) is 0 Å². The summed E-state index contributed by atoms with van der Waals surface area (Å²) < 4.78 is 16.0. The van der Waals surface area contributed by atoms with E-state index in [9.17, 15) is 24.6 Å². The van der Waals surface area contributed by atoms with Crippen LogP contribution in [0.3, 0.4) is 0 Å². The number of benzene rings is 2. The van der Waals surface area contributed by atoms with E-state index in [0.29, 0.717) is 5.56 Å². The summed E-state index contributed by atoms with van der Waals surface area (Å²) >= 11 is 0. The van der Waals surface area contributed by atoms with Crippen LogP contribution in [-0.4, -0.2) is 11.9 Å². The molecule has 4 rings (SSSR count). The Bertz CT molecular complexity index is 1310. The van der Waals surface area contributed by atoms with E-state index in [-0.39, 0.29) is 40.4 Å². The van der Waals surface area contributed by atoms with E-state index >= 15 is 0 Å². The topological polar surface area (TPSA) is 133 Å². The molecule has 0 bridgehead atoms. The Balaban J connectivity index is 1.71. The SMILES string of the molecule is O=C([O-])c1ccc(COc2ccc3c(=O)c(-c4ccccc4)c(C(=O)[O-])oc3c2)o1. The van der Waals surface area contributed by atoms with Gasteiger partial charge in [0.05, 0.1) is 10.9 Å². The van der Waals surface area contributed by atoms with Crippen LogP contribution in [0.1, 0.15) is 26.9 Å². The van der Waals surface area contributed by atoms with Gasteiger partial charge in [-0.15, -0.1) is 0 Å². The molecule has 8 heteroatoms. The summed E-state index contributed by atoms with van der Waals surface area (Å²) in [7, 11) is 0. The van der Waals surface area contributed by atoms with Crippen LogP contribution in [0.15, 0.2) is 74.3 Å². The molecular formula is C22H12O8-2. The number of carboxylic acids is 2. The van der Waals surface area contributed by atoms with E-state index in [1.807, 2.05) is 0 Å². The summed E-state index contributed by atoms with van der Waals surface area (Å²) in [5, 5.41) is 22.5. The second-order valence-electron chi connectivity index (χ2n) is 6.29. The molecule has 2 aromatic carbocycles. The first kappa shape index (κ1) is 19.0. The normalized spacial score (nSPS) is 10.8. The van der Waals surface area contributed by atoms with Gasteiger partial charge in [0.15, 0.2) is 5.76 Å². The van der Waals surface area contributed by atoms with E-state index in [1.165, 1.54) is 30.3 Å². The number of carbonyl (C=O) groups excluding carboxylic acids is 2. The molecule has 0 aliphatic carbocycles. The maximum Gasteiger partial charge on any atom is 0.201 e. The predicted molar refractivity (Wildman–Crippen MR) is 99.6 cm³/mol. The lowest BCUT2D eigenvalue weighted by Gasteiger charge is -2.12. The summed E-state index contributed by atoms with van der Waals surface area (Å²) in [4.78, 5) is 35.3. The van der Waals surface area contributed by atoms with Crippen LogP contribution in [0.25, 0.3) is 22.1 Å². The van der Waals surface area contributed by atoms with Gasteiger partial charge in [-0.2, -0.15) is 0 Å². The van der Waals surface area contributed by atoms with Crippen LogP contribution in [0.5, 0.6) is 5.75 Å². The number of rotatable bonds is 6. The average Bonchev–Trinajstić information content (AvgIpc) is 3.22. The Hall–Kier alpha value is -4.33. The van der Waals surface area contributed by atoms with Gasteiger partial charge in [0, 0.05) is 6.07 Å². The van der Waals surface area contributed by atoms with Gasteiger partial charge in [-0.05, 0) is 29.8 Å². The number of carboxylic acid groups (broad SMARTS) is 2. The molecule has 0 saturated carbocycles. The van der Waals surface area contributed by atoms with E-state index in [2.05, 4.69) is 0 Å². The van der Waals surface area contributed by atoms with E-state index < -0.39 is 23.1 Å². The molecule has 0 radical (unpaired) electrons. The third-order valence-electron chi connectivity index (χ3n) is 4.36. The van der Waals surface area contributed by atoms with Gasteiger partial charge in [-0.3, -0.25) is 4.79 Å². The zero-order valence-corrected chi connectivity index (χ0v) is 15.2. The fourth-order valence-corrected chi connectivity index (χ4v) is 2.99. The van der Waals surface area contributed by atoms with Gasteiger partial charge in [-0.1, -0.05) is 30.3 Å². The fourth-order valence-electron chi connectivity index (χ4n) is 2.99. The van der Waals surface area contributed by atoms with Crippen molar-refractivity contribution in [2.24, 2.45) is 0 Å². The largest absolute Gasteiger partial charge is 0.542 e. The highest BCUT2D eigenvalue weighted by Crippen LogP contribution is 2.27. The zero-order chi connectivity index (χ0) is 21.3. The maximum atomic E-state index is 12.9. The smallest absolute Gasteiger partial charge is 0.201 e. The molecule has 0 unspecified atom stereocenters. The van der Waals surface area contributed by atoms with Gasteiger partial charge in [0.1, 0.15) is 41.4 Å². The molecule has 8 nitrogen and oxygen atoms in total. The highest BCUT2D eigenvalue weighted by Gasteiger charge is 2.17. The minimum absolute atomic E-state index is 0.00579. The number of aromatic carboxylic acids is 2. The van der Waals surface area contributed by atoms with Crippen molar-refractivity contribution >= 4 is 22.9 Å². The lowest BCUT2D eigenvalue weighted by molar-refractivity contribution is -0.258. The first-order valence-electron chi connectivity index (χ1n) is 8.74. The molecule has 0 aliphatic heterocycles. The molecule has 0 spiro atoms. The molecule has 30 heavy (non-hydrogen) atoms. The first-order chi connectivity index (χ1) is 14.4. The van der Waals surface area contributed by atoms with Gasteiger partial charge in [-0.25, -0.2) is 0 Å². The number of fused-ring (bicyclic) bond motifs is 1. The molecule has 0 N–H and O–H groups in total. The van der Waals surface area contributed by atoms with Crippen LogP contribution in [0, 0.1) is 0 Å². The molecule has 0 aliphatic rings. The van der Waals surface area contributed by atoms with Crippen LogP contribution in [0.2, 0.25) is 0 Å². The maximum absolute atomic E-state index is 12.9. The second kappa shape index (κ2) is 7.59. The molecule has 0 atom stereocenters. The van der Waals surface area contributed by atoms with Crippen molar-refractivity contribution in [1.29, 1.82) is 0 Å². The number of furan rings is 1. The molecule has 0 amide bonds. The Labute approximate surface area is 168 Å². The van der Waals surface area contributed by atoms with Gasteiger partial charge >= 0.3 is 0 Å². The number of hydrogen-bond donors (Lipinski definition) is 0. The van der Waals surface area contributed by atoms with Crippen LogP contribution < -0.4 is 20.4 Å². The molecule has 2 aromatic heterocycles. The predicted octanol–water partition coefficient (Wildman–Crippen LogP) is 1.36. The van der Waals surface area contributed by atoms with Gasteiger partial charge in [0.25, 0.3) is 0 Å². The summed E-state index contributed by atoms with van der Waals surface area (Å²) in [5.74, 6) is -3.48. The molecular weight excluding hydrogens is 392 g/mol. The summed E-state index contributed by atoms with van der Waals surface area (Å²) in [6.45, 7) is -0.0987. The average molecular weight is 404 g/mol. The van der Waals surface area contributed by atoms with Crippen molar-refractivity contribution in [2.75, 3.05) is 0 Å². The Morgan fingerprint density at radius 1 is 0.900 bits per heavy atom. The second-order valence-corrected chi connectivity index (χ2v) is 6.29. The first-order valence-corrected chi connectivity index (χ1v) is 8.74. The van der Waals surface area contributed by atoms with Crippen molar-refractivity contribution in [3.63, 3.8) is 0 Å². The summed E-state index contributed by atoms with van der Waals surface area (Å²) in [6.07, 6.45) is 0.